The van der Waals surface area contributed by atoms with E-state index in [0.717, 1.165) is 16.5 Å². The van der Waals surface area contributed by atoms with E-state index in [1.54, 1.807) is 13.8 Å². The van der Waals surface area contributed by atoms with Crippen molar-refractivity contribution < 1.29 is 9.21 Å². The number of rotatable bonds is 3. The molecule has 2 aromatic heterocycles. The van der Waals surface area contributed by atoms with Crippen molar-refractivity contribution in [3.8, 4) is 0 Å². The standard InChI is InChI=1S/C18H19N3O3/c1-9-13-7-5-6-8-14(13)24-16(9)12(4)21-18(23)15-17(22)20-11(3)10(2)19-15/h5-8,12H,1-4H3,(H,20,22)(H,21,23)/t12-/m1/s1. The number of amides is 1. The normalized spacial score (nSPS) is 12.3. The molecule has 6 nitrogen and oxygen atoms in total. The van der Waals surface area contributed by atoms with Crippen LogP contribution in [0.15, 0.2) is 33.5 Å². The minimum Gasteiger partial charge on any atom is -0.459 e. The van der Waals surface area contributed by atoms with Gasteiger partial charge in [0.15, 0.2) is 5.69 Å². The average molecular weight is 325 g/mol. The molecule has 1 atom stereocenters. The van der Waals surface area contributed by atoms with E-state index >= 15 is 0 Å². The number of hydrogen-bond acceptors (Lipinski definition) is 4. The summed E-state index contributed by atoms with van der Waals surface area (Å²) in [5.41, 5.74) is 2.38. The summed E-state index contributed by atoms with van der Waals surface area (Å²) in [5.74, 6) is 0.150. The lowest BCUT2D eigenvalue weighted by Crippen LogP contribution is -2.33. The number of benzene rings is 1. The minimum atomic E-state index is -0.522. The van der Waals surface area contributed by atoms with Gasteiger partial charge in [-0.05, 0) is 33.8 Å². The lowest BCUT2D eigenvalue weighted by molar-refractivity contribution is 0.0928. The van der Waals surface area contributed by atoms with E-state index in [9.17, 15) is 9.59 Å². The highest BCUT2D eigenvalue weighted by atomic mass is 16.3. The van der Waals surface area contributed by atoms with Crippen LogP contribution < -0.4 is 10.9 Å². The fourth-order valence-corrected chi connectivity index (χ4v) is 2.71. The SMILES string of the molecule is Cc1nc(C(=O)N[C@H](C)c2oc3ccccc3c2C)c(=O)[nH]c1C. The van der Waals surface area contributed by atoms with Crippen molar-refractivity contribution in [2.24, 2.45) is 0 Å². The molecule has 2 heterocycles. The second-order valence-electron chi connectivity index (χ2n) is 5.91. The highest BCUT2D eigenvalue weighted by molar-refractivity contribution is 5.92. The summed E-state index contributed by atoms with van der Waals surface area (Å²) >= 11 is 0. The van der Waals surface area contributed by atoms with Crippen molar-refractivity contribution in [1.82, 2.24) is 15.3 Å². The van der Waals surface area contributed by atoms with Crippen LogP contribution in [0.1, 0.15) is 46.2 Å². The molecule has 24 heavy (non-hydrogen) atoms. The number of furan rings is 1. The van der Waals surface area contributed by atoms with Crippen molar-refractivity contribution >= 4 is 16.9 Å². The Morgan fingerprint density at radius 2 is 1.96 bits per heavy atom. The molecule has 3 rings (SSSR count). The Labute approximate surface area is 138 Å². The Bertz CT molecular complexity index is 985. The second kappa shape index (κ2) is 5.96. The molecule has 0 aliphatic rings. The van der Waals surface area contributed by atoms with Crippen molar-refractivity contribution in [3.63, 3.8) is 0 Å². The van der Waals surface area contributed by atoms with Crippen LogP contribution in [0.3, 0.4) is 0 Å². The van der Waals surface area contributed by atoms with Crippen molar-refractivity contribution in [2.45, 2.75) is 33.7 Å². The van der Waals surface area contributed by atoms with E-state index in [0.29, 0.717) is 17.1 Å². The zero-order chi connectivity index (χ0) is 17.4. The summed E-state index contributed by atoms with van der Waals surface area (Å²) in [4.78, 5) is 31.1. The Morgan fingerprint density at radius 3 is 2.67 bits per heavy atom. The van der Waals surface area contributed by atoms with Crippen LogP contribution in [0.2, 0.25) is 0 Å². The minimum absolute atomic E-state index is 0.140. The van der Waals surface area contributed by atoms with Crippen LogP contribution in [0.5, 0.6) is 0 Å². The molecule has 3 aromatic rings. The molecule has 0 aliphatic carbocycles. The van der Waals surface area contributed by atoms with Crippen LogP contribution in [0, 0.1) is 20.8 Å². The number of nitrogens with zero attached hydrogens (tertiary/aromatic N) is 1. The number of aromatic amines is 1. The maximum atomic E-state index is 12.4. The van der Waals surface area contributed by atoms with E-state index in [-0.39, 0.29) is 11.7 Å². The summed E-state index contributed by atoms with van der Waals surface area (Å²) in [5, 5.41) is 3.80. The monoisotopic (exact) mass is 325 g/mol. The van der Waals surface area contributed by atoms with Gasteiger partial charge in [0.1, 0.15) is 11.3 Å². The third kappa shape index (κ3) is 2.71. The van der Waals surface area contributed by atoms with Gasteiger partial charge in [0.25, 0.3) is 11.5 Å². The van der Waals surface area contributed by atoms with Gasteiger partial charge in [-0.2, -0.15) is 0 Å². The first-order valence-electron chi connectivity index (χ1n) is 7.75. The number of aryl methyl sites for hydroxylation is 3. The number of carbonyl (C=O) groups is 1. The van der Waals surface area contributed by atoms with Crippen LogP contribution in [-0.2, 0) is 0 Å². The van der Waals surface area contributed by atoms with Gasteiger partial charge in [0.05, 0.1) is 11.7 Å². The first-order chi connectivity index (χ1) is 11.4. The summed E-state index contributed by atoms with van der Waals surface area (Å²) < 4.78 is 5.85. The number of fused-ring (bicyclic) bond motifs is 1. The van der Waals surface area contributed by atoms with Crippen molar-refractivity contribution in [3.05, 3.63) is 63.0 Å². The molecule has 0 bridgehead atoms. The molecule has 2 N–H and O–H groups in total. The number of hydrogen-bond donors (Lipinski definition) is 2. The lowest BCUT2D eigenvalue weighted by atomic mass is 10.1. The van der Waals surface area contributed by atoms with E-state index in [1.807, 2.05) is 38.1 Å². The molecule has 0 saturated carbocycles. The Morgan fingerprint density at radius 1 is 1.25 bits per heavy atom. The highest BCUT2D eigenvalue weighted by Gasteiger charge is 2.21. The Hall–Kier alpha value is -2.89. The van der Waals surface area contributed by atoms with E-state index in [1.165, 1.54) is 0 Å². The summed E-state index contributed by atoms with van der Waals surface area (Å²) in [6.45, 7) is 7.25. The average Bonchev–Trinajstić information content (AvgIpc) is 2.88. The summed E-state index contributed by atoms with van der Waals surface area (Å²) in [6.07, 6.45) is 0. The molecule has 1 amide bonds. The molecule has 0 fully saturated rings. The van der Waals surface area contributed by atoms with Crippen LogP contribution >= 0.6 is 0 Å². The van der Waals surface area contributed by atoms with Crippen molar-refractivity contribution in [2.75, 3.05) is 0 Å². The van der Waals surface area contributed by atoms with Gasteiger partial charge >= 0.3 is 0 Å². The molecule has 124 valence electrons. The van der Waals surface area contributed by atoms with Gasteiger partial charge in [-0.3, -0.25) is 9.59 Å². The van der Waals surface area contributed by atoms with Gasteiger partial charge in [0, 0.05) is 16.6 Å². The Kier molecular flexibility index (Phi) is 3.97. The topological polar surface area (TPSA) is 88.0 Å². The molecule has 0 aliphatic heterocycles. The fraction of sp³-hybridized carbons (Fsp3) is 0.278. The maximum absolute atomic E-state index is 12.4. The molecular weight excluding hydrogens is 306 g/mol. The predicted octanol–water partition coefficient (Wildman–Crippen LogP) is 2.93. The van der Waals surface area contributed by atoms with E-state index < -0.39 is 11.5 Å². The smallest absolute Gasteiger partial charge is 0.279 e. The quantitative estimate of drug-likeness (QED) is 0.775. The number of carbonyl (C=O) groups excluding carboxylic acids is 1. The van der Waals surface area contributed by atoms with E-state index in [2.05, 4.69) is 15.3 Å². The lowest BCUT2D eigenvalue weighted by Gasteiger charge is -2.12. The zero-order valence-electron chi connectivity index (χ0n) is 14.1. The fourth-order valence-electron chi connectivity index (χ4n) is 2.71. The summed E-state index contributed by atoms with van der Waals surface area (Å²) in [6, 6.07) is 7.32. The van der Waals surface area contributed by atoms with Gasteiger partial charge in [-0.25, -0.2) is 4.98 Å². The number of H-pyrrole nitrogens is 1. The molecule has 0 saturated heterocycles. The second-order valence-corrected chi connectivity index (χ2v) is 5.91. The molecule has 0 spiro atoms. The number of para-hydroxylation sites is 1. The number of aromatic nitrogens is 2. The maximum Gasteiger partial charge on any atom is 0.279 e. The van der Waals surface area contributed by atoms with E-state index in [4.69, 9.17) is 4.42 Å². The molecule has 6 heteroatoms. The first-order valence-corrected chi connectivity index (χ1v) is 7.75. The summed E-state index contributed by atoms with van der Waals surface area (Å²) in [7, 11) is 0. The van der Waals surface area contributed by atoms with Gasteiger partial charge in [-0.15, -0.1) is 0 Å². The molecule has 0 radical (unpaired) electrons. The van der Waals surface area contributed by atoms with Crippen LogP contribution in [0.4, 0.5) is 0 Å². The Balaban J connectivity index is 1.90. The first kappa shape index (κ1) is 16.0. The third-order valence-electron chi connectivity index (χ3n) is 4.17. The predicted molar refractivity (Wildman–Crippen MR) is 91.2 cm³/mol. The van der Waals surface area contributed by atoms with Crippen LogP contribution in [0.25, 0.3) is 11.0 Å². The largest absolute Gasteiger partial charge is 0.459 e. The van der Waals surface area contributed by atoms with Gasteiger partial charge in [0.2, 0.25) is 0 Å². The molecule has 1 aromatic carbocycles. The third-order valence-corrected chi connectivity index (χ3v) is 4.17. The van der Waals surface area contributed by atoms with Crippen LogP contribution in [-0.4, -0.2) is 15.9 Å². The van der Waals surface area contributed by atoms with Crippen molar-refractivity contribution in [1.29, 1.82) is 0 Å². The molecular formula is C18H19N3O3. The molecule has 0 unspecified atom stereocenters. The highest BCUT2D eigenvalue weighted by Crippen LogP contribution is 2.29. The van der Waals surface area contributed by atoms with Gasteiger partial charge in [-0.1, -0.05) is 18.2 Å². The zero-order valence-corrected chi connectivity index (χ0v) is 14.1. The number of nitrogens with one attached hydrogen (secondary N) is 2. The van der Waals surface area contributed by atoms with Gasteiger partial charge < -0.3 is 14.7 Å².